The molecule has 38 heavy (non-hydrogen) atoms. The highest BCUT2D eigenvalue weighted by Gasteiger charge is 2.52. The van der Waals surface area contributed by atoms with E-state index < -0.39 is 17.8 Å². The van der Waals surface area contributed by atoms with Gasteiger partial charge in [-0.1, -0.05) is 68.5 Å². The maximum atomic E-state index is 10.5. The van der Waals surface area contributed by atoms with Gasteiger partial charge in [0.2, 0.25) is 0 Å². The van der Waals surface area contributed by atoms with Crippen LogP contribution in [0.4, 0.5) is 0 Å². The number of aliphatic hydroxyl groups is 3. The van der Waals surface area contributed by atoms with Gasteiger partial charge in [0.05, 0.1) is 30.5 Å². The van der Waals surface area contributed by atoms with Crippen LogP contribution in [-0.2, 0) is 11.3 Å². The lowest BCUT2D eigenvalue weighted by atomic mass is 9.60. The number of aliphatic hydroxyl groups excluding tert-OH is 2. The van der Waals surface area contributed by atoms with Crippen molar-refractivity contribution < 1.29 is 20.1 Å². The molecule has 210 valence electrons. The molecular formula is C34H50O4. The third-order valence-corrected chi connectivity index (χ3v) is 9.87. The van der Waals surface area contributed by atoms with Crippen LogP contribution in [0.2, 0.25) is 0 Å². The van der Waals surface area contributed by atoms with Crippen LogP contribution in [-0.4, -0.2) is 39.2 Å². The van der Waals surface area contributed by atoms with Gasteiger partial charge < -0.3 is 20.1 Å². The third kappa shape index (κ3) is 6.88. The SMILES string of the molecule is C=C1/C(=C\C=C2/CCC[C@]3(C)[C@@H]([C@@H](C)C(CCC(C)(C)O)OCc4ccccc4)CC[C@@H]23)C[C@@H](O)C[C@@H]1O. The Kier molecular flexibility index (Phi) is 9.40. The molecule has 0 saturated heterocycles. The second-order valence-corrected chi connectivity index (χ2v) is 13.2. The summed E-state index contributed by atoms with van der Waals surface area (Å²) in [6, 6.07) is 10.4. The van der Waals surface area contributed by atoms with Gasteiger partial charge in [0.15, 0.2) is 0 Å². The van der Waals surface area contributed by atoms with Crippen molar-refractivity contribution in [1.82, 2.24) is 0 Å². The quantitative estimate of drug-likeness (QED) is 0.330. The van der Waals surface area contributed by atoms with Crippen molar-refractivity contribution in [3.63, 3.8) is 0 Å². The summed E-state index contributed by atoms with van der Waals surface area (Å²) < 4.78 is 6.62. The molecule has 3 N–H and O–H groups in total. The molecule has 3 aliphatic carbocycles. The molecule has 0 bridgehead atoms. The predicted molar refractivity (Wildman–Crippen MR) is 154 cm³/mol. The van der Waals surface area contributed by atoms with Crippen LogP contribution in [0.1, 0.15) is 91.0 Å². The van der Waals surface area contributed by atoms with Crippen LogP contribution in [0.3, 0.4) is 0 Å². The Hall–Kier alpha value is -1.72. The van der Waals surface area contributed by atoms with E-state index in [0.29, 0.717) is 37.2 Å². The molecule has 0 aromatic heterocycles. The molecule has 4 rings (SSSR count). The number of hydrogen-bond donors (Lipinski definition) is 3. The molecule has 4 heteroatoms. The number of fused-ring (bicyclic) bond motifs is 1. The van der Waals surface area contributed by atoms with E-state index in [1.807, 2.05) is 19.9 Å². The number of benzene rings is 1. The zero-order chi connectivity index (χ0) is 27.5. The summed E-state index contributed by atoms with van der Waals surface area (Å²) in [6.07, 6.45) is 11.9. The average molecular weight is 523 g/mol. The first-order valence-electron chi connectivity index (χ1n) is 14.8. The van der Waals surface area contributed by atoms with Gasteiger partial charge in [0.25, 0.3) is 0 Å². The molecule has 1 unspecified atom stereocenters. The molecule has 3 saturated carbocycles. The largest absolute Gasteiger partial charge is 0.393 e. The van der Waals surface area contributed by atoms with Crippen molar-refractivity contribution in [3.8, 4) is 0 Å². The fourth-order valence-electron chi connectivity index (χ4n) is 7.64. The summed E-state index contributed by atoms with van der Waals surface area (Å²) in [6.45, 7) is 13.4. The van der Waals surface area contributed by atoms with Crippen LogP contribution < -0.4 is 0 Å². The maximum Gasteiger partial charge on any atom is 0.0811 e. The Morgan fingerprint density at radius 3 is 2.61 bits per heavy atom. The monoisotopic (exact) mass is 522 g/mol. The Bertz CT molecular complexity index is 1000. The van der Waals surface area contributed by atoms with Crippen molar-refractivity contribution in [2.24, 2.45) is 23.2 Å². The van der Waals surface area contributed by atoms with Crippen molar-refractivity contribution >= 4 is 0 Å². The summed E-state index contributed by atoms with van der Waals surface area (Å²) in [7, 11) is 0. The smallest absolute Gasteiger partial charge is 0.0811 e. The Morgan fingerprint density at radius 2 is 1.89 bits per heavy atom. The lowest BCUT2D eigenvalue weighted by Gasteiger charge is -2.46. The number of rotatable bonds is 9. The van der Waals surface area contributed by atoms with Crippen molar-refractivity contribution in [2.75, 3.05) is 0 Å². The summed E-state index contributed by atoms with van der Waals surface area (Å²) in [5, 5.41) is 30.9. The molecule has 0 aliphatic heterocycles. The third-order valence-electron chi connectivity index (χ3n) is 9.87. The second-order valence-electron chi connectivity index (χ2n) is 13.2. The van der Waals surface area contributed by atoms with E-state index >= 15 is 0 Å². The number of allylic oxidation sites excluding steroid dienone is 3. The molecule has 0 radical (unpaired) electrons. The first-order chi connectivity index (χ1) is 18.0. The van der Waals surface area contributed by atoms with Gasteiger partial charge in [-0.25, -0.2) is 0 Å². The van der Waals surface area contributed by atoms with E-state index in [-0.39, 0.29) is 11.5 Å². The molecule has 3 aliphatic rings. The molecule has 4 nitrogen and oxygen atoms in total. The average Bonchev–Trinajstić information content (AvgIpc) is 3.22. The molecule has 0 heterocycles. The highest BCUT2D eigenvalue weighted by molar-refractivity contribution is 5.38. The van der Waals surface area contributed by atoms with E-state index in [0.717, 1.165) is 30.4 Å². The minimum Gasteiger partial charge on any atom is -0.393 e. The van der Waals surface area contributed by atoms with Crippen molar-refractivity contribution in [2.45, 2.75) is 116 Å². The van der Waals surface area contributed by atoms with Gasteiger partial charge in [0, 0.05) is 6.42 Å². The molecular weight excluding hydrogens is 472 g/mol. The second kappa shape index (κ2) is 12.2. The molecule has 0 spiro atoms. The van der Waals surface area contributed by atoms with Gasteiger partial charge >= 0.3 is 0 Å². The van der Waals surface area contributed by atoms with E-state index in [4.69, 9.17) is 4.74 Å². The standard InChI is InChI=1S/C34H50O4/c1-23-27(20-28(35)21-31(23)36)14-13-26-12-9-18-34(5)29(15-16-30(26)34)24(2)32(17-19-33(3,4)37)38-22-25-10-7-6-8-11-25/h6-8,10-11,13-14,24,28-32,35-37H,1,9,12,15-22H2,2-5H3/b26-13+,27-14-/t24-,28-,29-,30+,31+,32?,34-/m1/s1. The zero-order valence-electron chi connectivity index (χ0n) is 24.0. The van der Waals surface area contributed by atoms with Crippen molar-refractivity contribution in [1.29, 1.82) is 0 Å². The molecule has 3 fully saturated rings. The normalized spacial score (nSPS) is 33.9. The van der Waals surface area contributed by atoms with Gasteiger partial charge in [-0.05, 0) is 105 Å². The Labute approximate surface area is 230 Å². The fraction of sp³-hybridized carbons (Fsp3) is 0.647. The zero-order valence-corrected chi connectivity index (χ0v) is 24.0. The summed E-state index contributed by atoms with van der Waals surface area (Å²) in [5.74, 6) is 1.52. The van der Waals surface area contributed by atoms with Crippen molar-refractivity contribution in [3.05, 3.63) is 71.3 Å². The van der Waals surface area contributed by atoms with E-state index in [1.165, 1.54) is 36.8 Å². The van der Waals surface area contributed by atoms with Gasteiger partial charge in [-0.15, -0.1) is 0 Å². The minimum absolute atomic E-state index is 0.104. The van der Waals surface area contributed by atoms with E-state index in [2.05, 4.69) is 56.8 Å². The summed E-state index contributed by atoms with van der Waals surface area (Å²) in [5.41, 5.74) is 3.98. The van der Waals surface area contributed by atoms with E-state index in [1.54, 1.807) is 0 Å². The van der Waals surface area contributed by atoms with Crippen LogP contribution in [0.5, 0.6) is 0 Å². The predicted octanol–water partition coefficient (Wildman–Crippen LogP) is 6.90. The number of ether oxygens (including phenoxy) is 1. The van der Waals surface area contributed by atoms with Crippen LogP contribution in [0, 0.1) is 23.2 Å². The first kappa shape index (κ1) is 29.3. The first-order valence-corrected chi connectivity index (χ1v) is 14.8. The maximum absolute atomic E-state index is 10.5. The fourth-order valence-corrected chi connectivity index (χ4v) is 7.64. The highest BCUT2D eigenvalue weighted by Crippen LogP contribution is 2.60. The van der Waals surface area contributed by atoms with Crippen LogP contribution in [0.15, 0.2) is 65.8 Å². The summed E-state index contributed by atoms with van der Waals surface area (Å²) in [4.78, 5) is 0. The minimum atomic E-state index is -0.700. The molecule has 7 atom stereocenters. The topological polar surface area (TPSA) is 69.9 Å². The van der Waals surface area contributed by atoms with E-state index in [9.17, 15) is 15.3 Å². The highest BCUT2D eigenvalue weighted by atomic mass is 16.5. The van der Waals surface area contributed by atoms with Crippen LogP contribution >= 0.6 is 0 Å². The van der Waals surface area contributed by atoms with Crippen LogP contribution in [0.25, 0.3) is 0 Å². The molecule has 1 aromatic rings. The molecule has 0 amide bonds. The van der Waals surface area contributed by atoms with Gasteiger partial charge in [-0.2, -0.15) is 0 Å². The lowest BCUT2D eigenvalue weighted by molar-refractivity contribution is -0.0527. The Balaban J connectivity index is 1.51. The number of hydrogen-bond acceptors (Lipinski definition) is 4. The van der Waals surface area contributed by atoms with Gasteiger partial charge in [0.1, 0.15) is 0 Å². The Morgan fingerprint density at radius 1 is 1.16 bits per heavy atom. The van der Waals surface area contributed by atoms with Gasteiger partial charge in [-0.3, -0.25) is 0 Å². The summed E-state index contributed by atoms with van der Waals surface area (Å²) >= 11 is 0. The lowest BCUT2D eigenvalue weighted by Crippen LogP contribution is -2.40. The molecule has 1 aromatic carbocycles.